The second-order valence-corrected chi connectivity index (χ2v) is 7.29. The van der Waals surface area contributed by atoms with E-state index in [1.807, 2.05) is 11.8 Å². The maximum Gasteiger partial charge on any atom is 0.313 e. The Morgan fingerprint density at radius 2 is 2.39 bits per heavy atom. The minimum atomic E-state index is -0.831. The van der Waals surface area contributed by atoms with Gasteiger partial charge in [-0.3, -0.25) is 4.79 Å². The molecular weight excluding hydrogens is 290 g/mol. The van der Waals surface area contributed by atoms with Crippen molar-refractivity contribution in [2.24, 2.45) is 0 Å². The van der Waals surface area contributed by atoms with E-state index >= 15 is 0 Å². The zero-order chi connectivity index (χ0) is 13.0. The summed E-state index contributed by atoms with van der Waals surface area (Å²) in [6.45, 7) is 0. The summed E-state index contributed by atoms with van der Waals surface area (Å²) >= 11 is 4.54. The van der Waals surface area contributed by atoms with E-state index in [-0.39, 0.29) is 5.75 Å². The number of nitrogens with one attached hydrogen (secondary N) is 1. The van der Waals surface area contributed by atoms with Gasteiger partial charge in [-0.2, -0.15) is 11.8 Å². The average Bonchev–Trinajstić information content (AvgIpc) is 2.96. The molecular formula is C10H15N3O2S3. The first-order valence-electron chi connectivity index (χ1n) is 5.66. The van der Waals surface area contributed by atoms with Gasteiger partial charge in [0.05, 0.1) is 5.75 Å². The molecule has 1 aromatic heterocycles. The lowest BCUT2D eigenvalue weighted by atomic mass is 10.2. The summed E-state index contributed by atoms with van der Waals surface area (Å²) in [6, 6.07) is 0.463. The fraction of sp³-hybridized carbons (Fsp3) is 0.700. The summed E-state index contributed by atoms with van der Waals surface area (Å²) in [7, 11) is 0. The van der Waals surface area contributed by atoms with Crippen LogP contribution in [0.15, 0.2) is 4.34 Å². The van der Waals surface area contributed by atoms with E-state index in [9.17, 15) is 4.79 Å². The van der Waals surface area contributed by atoms with Gasteiger partial charge in [0.15, 0.2) is 4.34 Å². The molecule has 0 radical (unpaired) electrons. The summed E-state index contributed by atoms with van der Waals surface area (Å²) in [6.07, 6.45) is 5.81. The van der Waals surface area contributed by atoms with Crippen molar-refractivity contribution in [2.75, 3.05) is 17.3 Å². The van der Waals surface area contributed by atoms with E-state index in [0.29, 0.717) is 15.6 Å². The van der Waals surface area contributed by atoms with Crippen LogP contribution < -0.4 is 5.32 Å². The molecule has 0 spiro atoms. The Hall–Kier alpha value is -0.470. The van der Waals surface area contributed by atoms with Crippen LogP contribution in [-0.2, 0) is 4.79 Å². The van der Waals surface area contributed by atoms with Gasteiger partial charge in [-0.1, -0.05) is 29.5 Å². The minimum Gasteiger partial charge on any atom is -0.481 e. The molecule has 1 heterocycles. The molecule has 0 saturated heterocycles. The van der Waals surface area contributed by atoms with E-state index in [1.54, 1.807) is 0 Å². The normalized spacial score (nSPS) is 23.2. The zero-order valence-corrected chi connectivity index (χ0v) is 12.4. The predicted molar refractivity (Wildman–Crippen MR) is 76.8 cm³/mol. The molecule has 2 rings (SSSR count). The van der Waals surface area contributed by atoms with Gasteiger partial charge < -0.3 is 10.4 Å². The number of carboxylic acid groups (broad SMARTS) is 1. The first kappa shape index (κ1) is 14.0. The molecule has 0 aromatic carbocycles. The third-order valence-corrected chi connectivity index (χ3v) is 5.93. The Balaban J connectivity index is 1.88. The molecule has 100 valence electrons. The molecule has 5 nitrogen and oxygen atoms in total. The van der Waals surface area contributed by atoms with Crippen LogP contribution in [0.1, 0.15) is 19.3 Å². The van der Waals surface area contributed by atoms with Crippen LogP contribution in [0.4, 0.5) is 5.13 Å². The van der Waals surface area contributed by atoms with Gasteiger partial charge in [0, 0.05) is 11.3 Å². The number of thioether (sulfide) groups is 2. The molecule has 2 unspecified atom stereocenters. The Bertz CT molecular complexity index is 413. The molecule has 8 heteroatoms. The van der Waals surface area contributed by atoms with Crippen LogP contribution in [-0.4, -0.2) is 44.6 Å². The van der Waals surface area contributed by atoms with Gasteiger partial charge in [-0.25, -0.2) is 0 Å². The lowest BCUT2D eigenvalue weighted by Crippen LogP contribution is -2.25. The van der Waals surface area contributed by atoms with Crippen LogP contribution in [0.2, 0.25) is 0 Å². The van der Waals surface area contributed by atoms with Crippen molar-refractivity contribution in [3.8, 4) is 0 Å². The maximum atomic E-state index is 10.5. The number of rotatable bonds is 6. The van der Waals surface area contributed by atoms with Crippen molar-refractivity contribution in [1.82, 2.24) is 10.2 Å². The number of aromatic nitrogens is 2. The molecule has 1 aliphatic rings. The van der Waals surface area contributed by atoms with E-state index < -0.39 is 5.97 Å². The first-order chi connectivity index (χ1) is 8.69. The number of anilines is 1. The molecule has 1 saturated carbocycles. The number of aliphatic carboxylic acids is 1. The van der Waals surface area contributed by atoms with Crippen LogP contribution >= 0.6 is 34.9 Å². The second kappa shape index (κ2) is 6.63. The fourth-order valence-corrected chi connectivity index (χ4v) is 4.45. The molecule has 2 N–H and O–H groups in total. The Morgan fingerprint density at radius 3 is 3.11 bits per heavy atom. The lowest BCUT2D eigenvalue weighted by molar-refractivity contribution is -0.133. The first-order valence-corrected chi connectivity index (χ1v) is 8.75. The third-order valence-electron chi connectivity index (χ3n) is 2.79. The molecule has 1 aliphatic carbocycles. The van der Waals surface area contributed by atoms with Gasteiger partial charge >= 0.3 is 5.97 Å². The number of carboxylic acids is 1. The van der Waals surface area contributed by atoms with Crippen LogP contribution in [0.5, 0.6) is 0 Å². The second-order valence-electron chi connectivity index (χ2n) is 4.01. The molecule has 18 heavy (non-hydrogen) atoms. The summed E-state index contributed by atoms with van der Waals surface area (Å²) in [4.78, 5) is 10.5. The van der Waals surface area contributed by atoms with Crippen molar-refractivity contribution in [3.05, 3.63) is 0 Å². The van der Waals surface area contributed by atoms with Gasteiger partial charge in [0.2, 0.25) is 5.13 Å². The summed E-state index contributed by atoms with van der Waals surface area (Å²) in [5.74, 6) is -0.797. The fourth-order valence-electron chi connectivity index (χ4n) is 1.98. The summed E-state index contributed by atoms with van der Waals surface area (Å²) in [5.41, 5.74) is 0. The highest BCUT2D eigenvalue weighted by Crippen LogP contribution is 2.32. The van der Waals surface area contributed by atoms with E-state index in [2.05, 4.69) is 21.8 Å². The Kier molecular flexibility index (Phi) is 5.13. The molecule has 1 aromatic rings. The highest BCUT2D eigenvalue weighted by atomic mass is 32.2. The quantitative estimate of drug-likeness (QED) is 0.782. The van der Waals surface area contributed by atoms with Crippen molar-refractivity contribution in [3.63, 3.8) is 0 Å². The van der Waals surface area contributed by atoms with Crippen LogP contribution in [0, 0.1) is 0 Å². The van der Waals surface area contributed by atoms with Gasteiger partial charge in [0.25, 0.3) is 0 Å². The monoisotopic (exact) mass is 305 g/mol. The summed E-state index contributed by atoms with van der Waals surface area (Å²) in [5, 5.41) is 21.5. The Morgan fingerprint density at radius 1 is 1.56 bits per heavy atom. The number of carbonyl (C=O) groups is 1. The Labute approximate surface area is 118 Å². The van der Waals surface area contributed by atoms with E-state index in [1.165, 1.54) is 42.4 Å². The molecule has 1 fully saturated rings. The minimum absolute atomic E-state index is 0.0332. The van der Waals surface area contributed by atoms with Crippen molar-refractivity contribution >= 4 is 46.0 Å². The average molecular weight is 305 g/mol. The molecule has 2 atom stereocenters. The SMILES string of the molecule is CSC1CCCC1Nc1nnc(SCC(=O)O)s1. The maximum absolute atomic E-state index is 10.5. The molecule has 0 aliphatic heterocycles. The number of nitrogens with zero attached hydrogens (tertiary/aromatic N) is 2. The number of hydrogen-bond donors (Lipinski definition) is 2. The van der Waals surface area contributed by atoms with E-state index in [4.69, 9.17) is 5.11 Å². The molecule has 0 bridgehead atoms. The topological polar surface area (TPSA) is 75.1 Å². The predicted octanol–water partition coefficient (Wildman–Crippen LogP) is 2.41. The lowest BCUT2D eigenvalue weighted by Gasteiger charge is -2.17. The van der Waals surface area contributed by atoms with Crippen LogP contribution in [0.3, 0.4) is 0 Å². The van der Waals surface area contributed by atoms with Crippen LogP contribution in [0.25, 0.3) is 0 Å². The standard InChI is InChI=1S/C10H15N3O2S3/c1-16-7-4-2-3-6(7)11-9-12-13-10(18-9)17-5-8(14)15/h6-7H,2-5H2,1H3,(H,11,12)(H,14,15). The third kappa shape index (κ3) is 3.76. The highest BCUT2D eigenvalue weighted by Gasteiger charge is 2.27. The van der Waals surface area contributed by atoms with Crippen molar-refractivity contribution < 1.29 is 9.90 Å². The zero-order valence-electron chi connectivity index (χ0n) is 9.96. The van der Waals surface area contributed by atoms with Crippen molar-refractivity contribution in [1.29, 1.82) is 0 Å². The largest absolute Gasteiger partial charge is 0.481 e. The van der Waals surface area contributed by atoms with Gasteiger partial charge in [-0.05, 0) is 19.1 Å². The van der Waals surface area contributed by atoms with Crippen molar-refractivity contribution in [2.45, 2.75) is 34.9 Å². The molecule has 0 amide bonds. The highest BCUT2D eigenvalue weighted by molar-refractivity contribution is 8.01. The van der Waals surface area contributed by atoms with E-state index in [0.717, 1.165) is 5.13 Å². The van der Waals surface area contributed by atoms with Gasteiger partial charge in [0.1, 0.15) is 0 Å². The number of hydrogen-bond acceptors (Lipinski definition) is 7. The smallest absolute Gasteiger partial charge is 0.313 e. The summed E-state index contributed by atoms with van der Waals surface area (Å²) < 4.78 is 0.707. The van der Waals surface area contributed by atoms with Gasteiger partial charge in [-0.15, -0.1) is 10.2 Å².